The van der Waals surface area contributed by atoms with E-state index in [0.717, 1.165) is 53.9 Å². The Hall–Kier alpha value is -4.70. The van der Waals surface area contributed by atoms with Crippen molar-refractivity contribution in [3.05, 3.63) is 102 Å². The Balaban J connectivity index is 0.00000152. The average Bonchev–Trinajstić information content (AvgIpc) is 3.52. The predicted molar refractivity (Wildman–Crippen MR) is 229 cm³/mol. The molecule has 322 valence electrons. The molecule has 2 aliphatic heterocycles. The van der Waals surface area contributed by atoms with E-state index in [0.29, 0.717) is 44.4 Å². The monoisotopic (exact) mass is 924 g/mol. The summed E-state index contributed by atoms with van der Waals surface area (Å²) in [7, 11) is -7.56. The fourth-order valence-corrected chi connectivity index (χ4v) is 9.32. The van der Waals surface area contributed by atoms with E-state index in [4.69, 9.17) is 22.1 Å². The molecular formula is C45H53BrN2O10S2. The van der Waals surface area contributed by atoms with Crippen molar-refractivity contribution in [3.8, 4) is 0 Å². The zero-order valence-corrected chi connectivity index (χ0v) is 38.1. The van der Waals surface area contributed by atoms with Crippen molar-refractivity contribution in [1.29, 1.82) is 0 Å². The van der Waals surface area contributed by atoms with Gasteiger partial charge in [-0.3, -0.25) is 14.1 Å². The molecule has 0 bridgehead atoms. The Morgan fingerprint density at radius 3 is 2.02 bits per heavy atom. The molecule has 0 atom stereocenters. The maximum Gasteiger partial charge on any atom is 0.425 e. The van der Waals surface area contributed by atoms with Crippen LogP contribution in [0.3, 0.4) is 0 Å². The molecular weight excluding hydrogens is 873 g/mol. The van der Waals surface area contributed by atoms with Crippen LogP contribution in [0.5, 0.6) is 0 Å². The molecule has 12 nitrogen and oxygen atoms in total. The summed E-state index contributed by atoms with van der Waals surface area (Å²) < 4.78 is 72.9. The number of anilines is 1. The first-order valence-electron chi connectivity index (χ1n) is 19.9. The minimum Gasteiger partial charge on any atom is -1.00 e. The zero-order valence-electron chi connectivity index (χ0n) is 34.9. The number of allylic oxidation sites excluding steroid dienone is 4. The van der Waals surface area contributed by atoms with Crippen LogP contribution < -0.4 is 21.9 Å². The van der Waals surface area contributed by atoms with E-state index in [9.17, 15) is 22.6 Å². The molecule has 0 unspecified atom stereocenters. The molecule has 1 N–H and O–H groups in total. The number of ether oxygens (including phenoxy) is 2. The second-order valence-corrected chi connectivity index (χ2v) is 17.3. The van der Waals surface area contributed by atoms with Crippen LogP contribution in [0.15, 0.2) is 95.6 Å². The van der Waals surface area contributed by atoms with E-state index in [1.165, 1.54) is 28.1 Å². The van der Waals surface area contributed by atoms with Crippen molar-refractivity contribution in [1.82, 2.24) is 0 Å². The van der Waals surface area contributed by atoms with Gasteiger partial charge >= 0.3 is 22.5 Å². The first-order chi connectivity index (χ1) is 27.9. The van der Waals surface area contributed by atoms with Crippen molar-refractivity contribution in [2.45, 2.75) is 95.8 Å². The van der Waals surface area contributed by atoms with Gasteiger partial charge in [-0.05, 0) is 93.0 Å². The maximum atomic E-state index is 12.4. The number of benzene rings is 4. The number of hydrogen-bond acceptors (Lipinski definition) is 10. The second kappa shape index (κ2) is 20.2. The summed E-state index contributed by atoms with van der Waals surface area (Å²) in [4.78, 5) is 26.6. The summed E-state index contributed by atoms with van der Waals surface area (Å²) in [6, 6.07) is 21.6. The van der Waals surface area contributed by atoms with Gasteiger partial charge in [-0.25, -0.2) is 0 Å². The Labute approximate surface area is 364 Å². The molecule has 0 saturated heterocycles. The third-order valence-corrected chi connectivity index (χ3v) is 11.9. The molecule has 4 aromatic carbocycles. The zero-order chi connectivity index (χ0) is 43.1. The van der Waals surface area contributed by atoms with Gasteiger partial charge in [0.1, 0.15) is 11.4 Å². The lowest BCUT2D eigenvalue weighted by Crippen LogP contribution is -3.00. The number of carbonyl (C=O) groups excluding carboxylic acids is 2. The van der Waals surface area contributed by atoms with Crippen molar-refractivity contribution in [2.75, 3.05) is 31.2 Å². The van der Waals surface area contributed by atoms with E-state index >= 15 is 0 Å². The molecule has 0 aromatic heterocycles. The molecule has 0 radical (unpaired) electrons. The Kier molecular flexibility index (Phi) is 16.2. The third kappa shape index (κ3) is 10.4. The van der Waals surface area contributed by atoms with Crippen LogP contribution in [-0.4, -0.2) is 74.1 Å². The second-order valence-electron chi connectivity index (χ2n) is 15.5. The molecule has 60 heavy (non-hydrogen) atoms. The number of halogens is 1. The standard InChI is InChI=1S/C45H52N2O7S.BrH.O3S/c1-7-53-40(48)23-11-13-29-46-35-27-25-31-17-9-10-18-32(31)42(35)44(3,4)38(46)21-16-22-39-45(5,6)43-34-19-15-20-37(55(50,51)52)33(34)26-28-36(43)47(39)30-14-12-24-41(49)54-8-2;;1-4(2)3/h9-10,15-22,25-28H,7-8,11-14,23-24,29-30H2,1-6H3;1H;. The number of rotatable bonds is 15. The molecule has 2 heterocycles. The Bertz CT molecular complexity index is 2580. The number of nitrogens with zero attached hydrogens (tertiary/aromatic N) is 2. The molecule has 2 aliphatic rings. The molecule has 15 heteroatoms. The largest absolute Gasteiger partial charge is 1.00 e. The van der Waals surface area contributed by atoms with Gasteiger partial charge < -0.3 is 31.4 Å². The van der Waals surface area contributed by atoms with E-state index in [1.54, 1.807) is 19.1 Å². The SMILES string of the molecule is CCOC(=O)CCCCN1/C(=C\C=C\C2=[N+](CCCCC(=O)OCC)c3ccc4c(S(=O)(=O)O)cccc4c3C2(C)C)C(C)(C)c2c1ccc1ccccc21.O=S(=O)=O.[Br-]. The highest BCUT2D eigenvalue weighted by Crippen LogP contribution is 2.51. The van der Waals surface area contributed by atoms with Gasteiger partial charge in [0.2, 0.25) is 5.69 Å². The predicted octanol–water partition coefficient (Wildman–Crippen LogP) is 5.32. The van der Waals surface area contributed by atoms with Gasteiger partial charge in [-0.15, -0.1) is 12.6 Å². The van der Waals surface area contributed by atoms with Crippen LogP contribution in [0.1, 0.15) is 91.2 Å². The molecule has 0 aliphatic carbocycles. The molecule has 0 saturated carbocycles. The molecule has 0 spiro atoms. The molecule has 0 fully saturated rings. The first kappa shape index (κ1) is 48.0. The van der Waals surface area contributed by atoms with Crippen molar-refractivity contribution < 1.29 is 66.2 Å². The van der Waals surface area contributed by atoms with Gasteiger partial charge in [0.05, 0.1) is 18.6 Å². The van der Waals surface area contributed by atoms with Crippen molar-refractivity contribution in [2.24, 2.45) is 0 Å². The van der Waals surface area contributed by atoms with Gasteiger partial charge in [0.15, 0.2) is 5.71 Å². The van der Waals surface area contributed by atoms with E-state index in [1.807, 2.05) is 19.1 Å². The summed E-state index contributed by atoms with van der Waals surface area (Å²) in [5.41, 5.74) is 5.74. The smallest absolute Gasteiger partial charge is 0.425 e. The Morgan fingerprint density at radius 1 is 0.767 bits per heavy atom. The normalized spacial score (nSPS) is 15.7. The highest BCUT2D eigenvalue weighted by atomic mass is 79.9. The summed E-state index contributed by atoms with van der Waals surface area (Å²) >= 11 is 0. The van der Waals surface area contributed by atoms with Gasteiger partial charge in [0.25, 0.3) is 10.1 Å². The van der Waals surface area contributed by atoms with Crippen LogP contribution >= 0.6 is 0 Å². The van der Waals surface area contributed by atoms with Gasteiger partial charge in [-0.2, -0.15) is 13.0 Å². The fourth-order valence-electron chi connectivity index (χ4n) is 8.61. The lowest BCUT2D eigenvalue weighted by Gasteiger charge is -2.27. The quantitative estimate of drug-likeness (QED) is 0.0711. The maximum absolute atomic E-state index is 12.4. The summed E-state index contributed by atoms with van der Waals surface area (Å²) in [6.45, 7) is 14.6. The molecule has 0 amide bonds. The van der Waals surface area contributed by atoms with Crippen LogP contribution in [0, 0.1) is 0 Å². The van der Waals surface area contributed by atoms with E-state index < -0.39 is 26.1 Å². The topological polar surface area (TPSA) is 164 Å². The summed E-state index contributed by atoms with van der Waals surface area (Å²) in [5, 5.41) is 3.66. The minimum absolute atomic E-state index is 0. The lowest BCUT2D eigenvalue weighted by molar-refractivity contribution is -0.438. The number of carbonyl (C=O) groups is 2. The number of unbranched alkanes of at least 4 members (excludes halogenated alkanes) is 2. The van der Waals surface area contributed by atoms with E-state index in [2.05, 4.69) is 91.8 Å². The third-order valence-electron chi connectivity index (χ3n) is 11.0. The number of fused-ring (bicyclic) bond motifs is 6. The molecule has 4 aromatic rings. The summed E-state index contributed by atoms with van der Waals surface area (Å²) in [5.74, 6) is -0.374. The number of esters is 2. The van der Waals surface area contributed by atoms with Gasteiger partial charge in [-0.1, -0.05) is 62.4 Å². The van der Waals surface area contributed by atoms with Crippen LogP contribution in [0.25, 0.3) is 21.5 Å². The molecule has 6 rings (SSSR count). The van der Waals surface area contributed by atoms with E-state index in [-0.39, 0.29) is 39.2 Å². The average molecular weight is 926 g/mol. The highest BCUT2D eigenvalue weighted by molar-refractivity contribution is 7.86. The first-order valence-corrected chi connectivity index (χ1v) is 22.3. The summed E-state index contributed by atoms with van der Waals surface area (Å²) in [6.07, 6.45) is 10.2. The van der Waals surface area contributed by atoms with Crippen molar-refractivity contribution in [3.63, 3.8) is 0 Å². The van der Waals surface area contributed by atoms with Crippen LogP contribution in [-0.2, 0) is 50.6 Å². The minimum atomic E-state index is -4.45. The van der Waals surface area contributed by atoms with Crippen LogP contribution in [0.2, 0.25) is 0 Å². The highest BCUT2D eigenvalue weighted by Gasteiger charge is 2.46. The fraction of sp³-hybridized carbons (Fsp3) is 0.400. The number of hydrogen-bond donors (Lipinski definition) is 1. The Morgan fingerprint density at radius 2 is 1.38 bits per heavy atom. The van der Waals surface area contributed by atoms with Gasteiger partial charge in [0, 0.05) is 65.7 Å². The van der Waals surface area contributed by atoms with Crippen molar-refractivity contribution >= 4 is 71.3 Å². The van der Waals surface area contributed by atoms with Crippen LogP contribution in [0.4, 0.5) is 11.4 Å². The lowest BCUT2D eigenvalue weighted by atomic mass is 9.79.